The summed E-state index contributed by atoms with van der Waals surface area (Å²) in [5, 5.41) is 0. The largest absolute Gasteiger partial charge is 0.291 e. The van der Waals surface area contributed by atoms with Crippen LogP contribution in [0, 0.1) is 6.92 Å². The standard InChI is InChI=1S/C15H21NO2S/c1-3-9-16(15-8-10-19(17,18)12-15)11-14-6-4-13(2)5-7-14/h3-7,15H,1,8-12H2,2H3/t15-/m1/s1. The molecule has 0 unspecified atom stereocenters. The third-order valence-corrected chi connectivity index (χ3v) is 5.35. The second-order valence-electron chi connectivity index (χ2n) is 5.26. The molecule has 4 heteroatoms. The second kappa shape index (κ2) is 5.88. The van der Waals surface area contributed by atoms with Crippen LogP contribution in [0.3, 0.4) is 0 Å². The molecule has 1 atom stereocenters. The molecule has 104 valence electrons. The fraction of sp³-hybridized carbons (Fsp3) is 0.467. The molecule has 1 aromatic rings. The molecule has 19 heavy (non-hydrogen) atoms. The van der Waals surface area contributed by atoms with Gasteiger partial charge in [-0.1, -0.05) is 35.9 Å². The summed E-state index contributed by atoms with van der Waals surface area (Å²) < 4.78 is 23.2. The normalized spacial score (nSPS) is 21.7. The van der Waals surface area contributed by atoms with Crippen LogP contribution in [0.1, 0.15) is 17.5 Å². The Labute approximate surface area is 115 Å². The van der Waals surface area contributed by atoms with Crippen LogP contribution >= 0.6 is 0 Å². The van der Waals surface area contributed by atoms with E-state index in [0.717, 1.165) is 19.5 Å². The molecule has 1 aromatic carbocycles. The lowest BCUT2D eigenvalue weighted by atomic mass is 10.1. The zero-order chi connectivity index (χ0) is 13.9. The number of nitrogens with zero attached hydrogens (tertiary/aromatic N) is 1. The van der Waals surface area contributed by atoms with Crippen molar-refractivity contribution in [2.45, 2.75) is 25.9 Å². The average molecular weight is 279 g/mol. The first-order valence-electron chi connectivity index (χ1n) is 6.61. The van der Waals surface area contributed by atoms with Crippen molar-refractivity contribution in [2.24, 2.45) is 0 Å². The van der Waals surface area contributed by atoms with Gasteiger partial charge in [-0.25, -0.2) is 8.42 Å². The van der Waals surface area contributed by atoms with Crippen molar-refractivity contribution in [1.82, 2.24) is 4.90 Å². The maximum atomic E-state index is 11.6. The Hall–Kier alpha value is -1.13. The van der Waals surface area contributed by atoms with Crippen LogP contribution in [0.2, 0.25) is 0 Å². The van der Waals surface area contributed by atoms with Crippen molar-refractivity contribution in [1.29, 1.82) is 0 Å². The van der Waals surface area contributed by atoms with Crippen molar-refractivity contribution in [3.63, 3.8) is 0 Å². The average Bonchev–Trinajstić information content (AvgIpc) is 2.72. The van der Waals surface area contributed by atoms with Gasteiger partial charge < -0.3 is 0 Å². The van der Waals surface area contributed by atoms with Gasteiger partial charge in [0.25, 0.3) is 0 Å². The van der Waals surface area contributed by atoms with E-state index < -0.39 is 9.84 Å². The Morgan fingerprint density at radius 1 is 1.37 bits per heavy atom. The van der Waals surface area contributed by atoms with Crippen LogP contribution in [0.15, 0.2) is 36.9 Å². The molecule has 0 aromatic heterocycles. The van der Waals surface area contributed by atoms with Gasteiger partial charge in [0.05, 0.1) is 11.5 Å². The highest BCUT2D eigenvalue weighted by Crippen LogP contribution is 2.20. The van der Waals surface area contributed by atoms with E-state index in [2.05, 4.69) is 42.7 Å². The van der Waals surface area contributed by atoms with Crippen molar-refractivity contribution < 1.29 is 8.42 Å². The van der Waals surface area contributed by atoms with Crippen LogP contribution in [0.4, 0.5) is 0 Å². The van der Waals surface area contributed by atoms with E-state index in [4.69, 9.17) is 0 Å². The van der Waals surface area contributed by atoms with Crippen LogP contribution in [-0.2, 0) is 16.4 Å². The van der Waals surface area contributed by atoms with Crippen LogP contribution in [0.5, 0.6) is 0 Å². The van der Waals surface area contributed by atoms with Gasteiger partial charge in [-0.05, 0) is 18.9 Å². The van der Waals surface area contributed by atoms with E-state index in [1.807, 2.05) is 6.08 Å². The first kappa shape index (κ1) is 14.3. The number of rotatable bonds is 5. The maximum Gasteiger partial charge on any atom is 0.151 e. The molecule has 1 aliphatic heterocycles. The molecule has 1 fully saturated rings. The molecule has 1 saturated heterocycles. The molecule has 0 aliphatic carbocycles. The Kier molecular flexibility index (Phi) is 4.42. The first-order chi connectivity index (χ1) is 9.00. The monoisotopic (exact) mass is 279 g/mol. The number of benzene rings is 1. The van der Waals surface area contributed by atoms with Crippen molar-refractivity contribution in [3.8, 4) is 0 Å². The predicted molar refractivity (Wildman–Crippen MR) is 78.8 cm³/mol. The molecule has 0 spiro atoms. The molecule has 1 aliphatic rings. The predicted octanol–water partition coefficient (Wildman–Crippen LogP) is 2.17. The number of hydrogen-bond acceptors (Lipinski definition) is 3. The van der Waals surface area contributed by atoms with E-state index >= 15 is 0 Å². The van der Waals surface area contributed by atoms with E-state index in [-0.39, 0.29) is 11.8 Å². The summed E-state index contributed by atoms with van der Waals surface area (Å²) >= 11 is 0. The van der Waals surface area contributed by atoms with Gasteiger partial charge in [0.15, 0.2) is 9.84 Å². The lowest BCUT2D eigenvalue weighted by Crippen LogP contribution is -2.35. The topological polar surface area (TPSA) is 37.4 Å². The van der Waals surface area contributed by atoms with Gasteiger partial charge in [0, 0.05) is 19.1 Å². The van der Waals surface area contributed by atoms with E-state index in [1.54, 1.807) is 0 Å². The van der Waals surface area contributed by atoms with E-state index in [9.17, 15) is 8.42 Å². The van der Waals surface area contributed by atoms with E-state index in [1.165, 1.54) is 11.1 Å². The molecule has 0 saturated carbocycles. The van der Waals surface area contributed by atoms with Gasteiger partial charge in [0.2, 0.25) is 0 Å². The summed E-state index contributed by atoms with van der Waals surface area (Å²) in [7, 11) is -2.83. The number of aryl methyl sites for hydroxylation is 1. The molecule has 0 N–H and O–H groups in total. The van der Waals surface area contributed by atoms with Crippen LogP contribution in [0.25, 0.3) is 0 Å². The van der Waals surface area contributed by atoms with Crippen molar-refractivity contribution >= 4 is 9.84 Å². The third-order valence-electron chi connectivity index (χ3n) is 3.59. The van der Waals surface area contributed by atoms with Gasteiger partial charge >= 0.3 is 0 Å². The highest BCUT2D eigenvalue weighted by Gasteiger charge is 2.31. The van der Waals surface area contributed by atoms with Crippen molar-refractivity contribution in [2.75, 3.05) is 18.1 Å². The Morgan fingerprint density at radius 3 is 2.58 bits per heavy atom. The molecule has 0 amide bonds. The van der Waals surface area contributed by atoms with E-state index in [0.29, 0.717) is 5.75 Å². The van der Waals surface area contributed by atoms with Crippen LogP contribution in [-0.4, -0.2) is 37.4 Å². The Balaban J connectivity index is 2.08. The highest BCUT2D eigenvalue weighted by atomic mass is 32.2. The summed E-state index contributed by atoms with van der Waals surface area (Å²) in [6, 6.07) is 8.52. The third kappa shape index (κ3) is 3.91. The van der Waals surface area contributed by atoms with Crippen molar-refractivity contribution in [3.05, 3.63) is 48.0 Å². The Morgan fingerprint density at radius 2 is 2.05 bits per heavy atom. The molecule has 2 rings (SSSR count). The summed E-state index contributed by atoms with van der Waals surface area (Å²) in [5.41, 5.74) is 2.46. The fourth-order valence-electron chi connectivity index (χ4n) is 2.50. The minimum atomic E-state index is -2.83. The quantitative estimate of drug-likeness (QED) is 0.775. The Bertz CT molecular complexity index is 534. The maximum absolute atomic E-state index is 11.6. The molecule has 1 heterocycles. The summed E-state index contributed by atoms with van der Waals surface area (Å²) in [4.78, 5) is 2.21. The summed E-state index contributed by atoms with van der Waals surface area (Å²) in [5.74, 6) is 0.603. The van der Waals surface area contributed by atoms with Gasteiger partial charge in [-0.15, -0.1) is 6.58 Å². The van der Waals surface area contributed by atoms with Gasteiger partial charge in [-0.3, -0.25) is 4.90 Å². The van der Waals surface area contributed by atoms with Gasteiger partial charge in [0.1, 0.15) is 0 Å². The lowest BCUT2D eigenvalue weighted by Gasteiger charge is -2.26. The first-order valence-corrected chi connectivity index (χ1v) is 8.43. The summed E-state index contributed by atoms with van der Waals surface area (Å²) in [6.07, 6.45) is 2.58. The minimum Gasteiger partial charge on any atom is -0.291 e. The molecular weight excluding hydrogens is 258 g/mol. The molecule has 0 radical (unpaired) electrons. The second-order valence-corrected chi connectivity index (χ2v) is 7.49. The molecular formula is C15H21NO2S. The fourth-order valence-corrected chi connectivity index (χ4v) is 4.26. The zero-order valence-electron chi connectivity index (χ0n) is 11.4. The van der Waals surface area contributed by atoms with Gasteiger partial charge in [-0.2, -0.15) is 0 Å². The lowest BCUT2D eigenvalue weighted by molar-refractivity contribution is 0.227. The SMILES string of the molecule is C=CCN(Cc1ccc(C)cc1)[C@@H]1CCS(=O)(=O)C1. The minimum absolute atomic E-state index is 0.129. The molecule has 0 bridgehead atoms. The number of sulfone groups is 1. The molecule has 3 nitrogen and oxygen atoms in total. The highest BCUT2D eigenvalue weighted by molar-refractivity contribution is 7.91. The zero-order valence-corrected chi connectivity index (χ0v) is 12.2. The number of hydrogen-bond donors (Lipinski definition) is 0. The smallest absolute Gasteiger partial charge is 0.151 e. The van der Waals surface area contributed by atoms with Crippen LogP contribution < -0.4 is 0 Å². The summed E-state index contributed by atoms with van der Waals surface area (Å²) in [6.45, 7) is 7.35.